The lowest BCUT2D eigenvalue weighted by Gasteiger charge is -2.22. The van der Waals surface area contributed by atoms with E-state index in [4.69, 9.17) is 0 Å². The maximum Gasteiger partial charge on any atom is 0.245 e. The minimum atomic E-state index is -3.57. The number of nitrogens with zero attached hydrogens (tertiary/aromatic N) is 1. The highest BCUT2D eigenvalue weighted by atomic mass is 127. The first kappa shape index (κ1) is 19.7. The summed E-state index contributed by atoms with van der Waals surface area (Å²) in [7, 11) is -3.57. The van der Waals surface area contributed by atoms with E-state index in [1.165, 1.54) is 0 Å². The first-order chi connectivity index (χ1) is 11.7. The van der Waals surface area contributed by atoms with E-state index in [0.29, 0.717) is 17.3 Å². The van der Waals surface area contributed by atoms with Crippen LogP contribution in [0.25, 0.3) is 0 Å². The lowest BCUT2D eigenvalue weighted by atomic mass is 10.0. The molecule has 0 unspecified atom stereocenters. The van der Waals surface area contributed by atoms with Crippen molar-refractivity contribution in [2.45, 2.75) is 19.8 Å². The second-order valence-electron chi connectivity index (χ2n) is 6.07. The fourth-order valence-corrected chi connectivity index (χ4v) is 3.51. The molecule has 0 saturated heterocycles. The van der Waals surface area contributed by atoms with Gasteiger partial charge in [0.1, 0.15) is 6.54 Å². The smallest absolute Gasteiger partial charge is 0.245 e. The number of amides is 1. The van der Waals surface area contributed by atoms with Crippen LogP contribution in [0.5, 0.6) is 0 Å². The number of nitrogens with one attached hydrogen (secondary N) is 1. The van der Waals surface area contributed by atoms with Gasteiger partial charge in [-0.25, -0.2) is 8.42 Å². The number of anilines is 2. The SMILES string of the molecule is CC(C)c1ccc(N(CC(=O)Nc2ccc(I)cc2)S(C)(=O)=O)cc1. The second kappa shape index (κ2) is 8.18. The third-order valence-electron chi connectivity index (χ3n) is 3.66. The van der Waals surface area contributed by atoms with Crippen molar-refractivity contribution in [1.29, 1.82) is 0 Å². The highest BCUT2D eigenvalue weighted by Gasteiger charge is 2.21. The van der Waals surface area contributed by atoms with Crippen molar-refractivity contribution in [3.8, 4) is 0 Å². The lowest BCUT2D eigenvalue weighted by Crippen LogP contribution is -2.37. The Morgan fingerprint density at radius 3 is 2.12 bits per heavy atom. The summed E-state index contributed by atoms with van der Waals surface area (Å²) in [6, 6.07) is 14.5. The van der Waals surface area contributed by atoms with Crippen LogP contribution < -0.4 is 9.62 Å². The summed E-state index contributed by atoms with van der Waals surface area (Å²) >= 11 is 2.18. The van der Waals surface area contributed by atoms with Gasteiger partial charge in [-0.15, -0.1) is 0 Å². The fraction of sp³-hybridized carbons (Fsp3) is 0.278. The highest BCUT2D eigenvalue weighted by Crippen LogP contribution is 2.22. The molecule has 0 aliphatic rings. The van der Waals surface area contributed by atoms with Crippen LogP contribution in [-0.2, 0) is 14.8 Å². The van der Waals surface area contributed by atoms with E-state index < -0.39 is 10.0 Å². The minimum absolute atomic E-state index is 0.272. The Morgan fingerprint density at radius 2 is 1.64 bits per heavy atom. The third-order valence-corrected chi connectivity index (χ3v) is 5.52. The van der Waals surface area contributed by atoms with E-state index >= 15 is 0 Å². The molecule has 0 atom stereocenters. The molecule has 2 aromatic carbocycles. The summed E-state index contributed by atoms with van der Waals surface area (Å²) in [4.78, 5) is 12.3. The van der Waals surface area contributed by atoms with Crippen LogP contribution in [0.3, 0.4) is 0 Å². The average Bonchev–Trinajstić information content (AvgIpc) is 2.54. The third kappa shape index (κ3) is 5.71. The van der Waals surface area contributed by atoms with Crippen molar-refractivity contribution < 1.29 is 13.2 Å². The summed E-state index contributed by atoms with van der Waals surface area (Å²) in [5, 5.41) is 2.72. The lowest BCUT2D eigenvalue weighted by molar-refractivity contribution is -0.114. The zero-order valence-corrected chi connectivity index (χ0v) is 17.3. The van der Waals surface area contributed by atoms with Gasteiger partial charge in [0.15, 0.2) is 0 Å². The van der Waals surface area contributed by atoms with E-state index in [1.807, 2.05) is 24.3 Å². The van der Waals surface area contributed by atoms with Crippen LogP contribution in [0.1, 0.15) is 25.3 Å². The molecule has 0 saturated carbocycles. The molecule has 2 rings (SSSR count). The van der Waals surface area contributed by atoms with Gasteiger partial charge in [-0.3, -0.25) is 9.10 Å². The van der Waals surface area contributed by atoms with Gasteiger partial charge in [-0.05, 0) is 70.5 Å². The van der Waals surface area contributed by atoms with Gasteiger partial charge in [0, 0.05) is 9.26 Å². The van der Waals surface area contributed by atoms with Crippen molar-refractivity contribution >= 4 is 49.9 Å². The molecule has 0 fully saturated rings. The van der Waals surface area contributed by atoms with Gasteiger partial charge >= 0.3 is 0 Å². The molecule has 2 aromatic rings. The summed E-state index contributed by atoms with van der Waals surface area (Å²) in [5.74, 6) is -0.0375. The van der Waals surface area contributed by atoms with Gasteiger partial charge in [0.25, 0.3) is 0 Å². The number of hydrogen-bond acceptors (Lipinski definition) is 3. The quantitative estimate of drug-likeness (QED) is 0.651. The summed E-state index contributed by atoms with van der Waals surface area (Å²) in [5.41, 5.74) is 2.22. The number of halogens is 1. The molecule has 1 amide bonds. The Morgan fingerprint density at radius 1 is 1.08 bits per heavy atom. The number of sulfonamides is 1. The highest BCUT2D eigenvalue weighted by molar-refractivity contribution is 14.1. The molecule has 0 bridgehead atoms. The van der Waals surface area contributed by atoms with E-state index in [9.17, 15) is 13.2 Å². The Bertz CT molecular complexity index is 832. The van der Waals surface area contributed by atoms with E-state index in [2.05, 4.69) is 41.8 Å². The Labute approximate surface area is 162 Å². The number of carbonyl (C=O) groups is 1. The standard InChI is InChI=1S/C18H21IN2O3S/c1-13(2)14-4-10-17(11-5-14)21(25(3,23)24)12-18(22)20-16-8-6-15(19)7-9-16/h4-11,13H,12H2,1-3H3,(H,20,22). The summed E-state index contributed by atoms with van der Waals surface area (Å²) < 4.78 is 26.4. The molecule has 0 radical (unpaired) electrons. The van der Waals surface area contributed by atoms with E-state index in [1.54, 1.807) is 24.3 Å². The first-order valence-electron chi connectivity index (χ1n) is 7.80. The van der Waals surface area contributed by atoms with Gasteiger partial charge in [0.05, 0.1) is 11.9 Å². The summed E-state index contributed by atoms with van der Waals surface area (Å²) in [6.07, 6.45) is 1.10. The second-order valence-corrected chi connectivity index (χ2v) is 9.22. The van der Waals surface area contributed by atoms with Crippen LogP contribution in [0, 0.1) is 3.57 Å². The number of hydrogen-bond donors (Lipinski definition) is 1. The normalized spacial score (nSPS) is 11.4. The van der Waals surface area contributed by atoms with Crippen molar-refractivity contribution in [2.24, 2.45) is 0 Å². The van der Waals surface area contributed by atoms with Crippen LogP contribution >= 0.6 is 22.6 Å². The zero-order chi connectivity index (χ0) is 18.6. The average molecular weight is 472 g/mol. The van der Waals surface area contributed by atoms with Crippen LogP contribution in [-0.4, -0.2) is 27.1 Å². The number of benzene rings is 2. The molecule has 5 nitrogen and oxygen atoms in total. The van der Waals surface area contributed by atoms with Crippen molar-refractivity contribution in [3.05, 3.63) is 57.7 Å². The molecule has 0 aliphatic carbocycles. The molecule has 1 N–H and O–H groups in total. The maximum atomic E-state index is 12.3. The van der Waals surface area contributed by atoms with Gasteiger partial charge in [-0.2, -0.15) is 0 Å². The monoisotopic (exact) mass is 472 g/mol. The van der Waals surface area contributed by atoms with E-state index in [0.717, 1.165) is 19.7 Å². The van der Waals surface area contributed by atoms with Crippen LogP contribution in [0.2, 0.25) is 0 Å². The van der Waals surface area contributed by atoms with E-state index in [-0.39, 0.29) is 12.5 Å². The summed E-state index contributed by atoms with van der Waals surface area (Å²) in [6.45, 7) is 3.86. The molecule has 0 aromatic heterocycles. The van der Waals surface area contributed by atoms with Gasteiger partial charge in [0.2, 0.25) is 15.9 Å². The van der Waals surface area contributed by atoms with Gasteiger partial charge in [-0.1, -0.05) is 26.0 Å². The zero-order valence-electron chi connectivity index (χ0n) is 14.4. The van der Waals surface area contributed by atoms with Crippen LogP contribution in [0.4, 0.5) is 11.4 Å². The topological polar surface area (TPSA) is 66.5 Å². The van der Waals surface area contributed by atoms with Crippen molar-refractivity contribution in [3.63, 3.8) is 0 Å². The Hall–Kier alpha value is -1.61. The fourth-order valence-electron chi connectivity index (χ4n) is 2.29. The van der Waals surface area contributed by atoms with Gasteiger partial charge < -0.3 is 5.32 Å². The van der Waals surface area contributed by atoms with Crippen LogP contribution in [0.15, 0.2) is 48.5 Å². The number of carbonyl (C=O) groups excluding carboxylic acids is 1. The largest absolute Gasteiger partial charge is 0.325 e. The molecule has 25 heavy (non-hydrogen) atoms. The molecule has 0 heterocycles. The molecule has 134 valence electrons. The Balaban J connectivity index is 2.17. The maximum absolute atomic E-state index is 12.3. The predicted octanol–water partition coefficient (Wildman–Crippen LogP) is 3.82. The van der Waals surface area contributed by atoms with Crippen molar-refractivity contribution in [1.82, 2.24) is 0 Å². The molecule has 0 spiro atoms. The Kier molecular flexibility index (Phi) is 6.45. The molecular weight excluding hydrogens is 451 g/mol. The molecule has 7 heteroatoms. The first-order valence-corrected chi connectivity index (χ1v) is 10.7. The minimum Gasteiger partial charge on any atom is -0.325 e. The molecule has 0 aliphatic heterocycles. The molecular formula is C18H21IN2O3S. The predicted molar refractivity (Wildman–Crippen MR) is 111 cm³/mol. The number of rotatable bonds is 6. The van der Waals surface area contributed by atoms with Crippen molar-refractivity contribution in [2.75, 3.05) is 22.4 Å².